The quantitative estimate of drug-likeness (QED) is 0.0261. The molecule has 6 heteroatoms. The number of esters is 3. The zero-order valence-electron chi connectivity index (χ0n) is 52.0. The molecule has 0 N–H and O–H groups in total. The molecule has 0 aliphatic carbocycles. The SMILES string of the molecule is CC/C=C\C/C=C\C/C=C\C/C=C\C/C=C\C/C=C\C/C=C\C/C=C\C/C=C\CCCCCCCC(=O)OCC(COC(=O)CCCCCCCCC)OC(=O)CCCCCCCCC/C=C\C/C=C\C/C=C\C/C=C\C/C=C\CC. The average molecular weight is 1120 g/mol. The second-order valence-electron chi connectivity index (χ2n) is 20.9. The van der Waals surface area contributed by atoms with Crippen LogP contribution in [0.25, 0.3) is 0 Å². The van der Waals surface area contributed by atoms with Crippen molar-refractivity contribution in [3.63, 3.8) is 0 Å². The van der Waals surface area contributed by atoms with E-state index in [1.54, 1.807) is 0 Å². The molecule has 1 atom stereocenters. The lowest BCUT2D eigenvalue weighted by Crippen LogP contribution is -2.30. The Morgan fingerprint density at radius 3 is 0.753 bits per heavy atom. The van der Waals surface area contributed by atoms with E-state index in [1.807, 2.05) is 0 Å². The second-order valence-corrected chi connectivity index (χ2v) is 20.9. The van der Waals surface area contributed by atoms with Crippen molar-refractivity contribution in [2.45, 2.75) is 271 Å². The van der Waals surface area contributed by atoms with Gasteiger partial charge in [-0.2, -0.15) is 0 Å². The summed E-state index contributed by atoms with van der Waals surface area (Å²) < 4.78 is 16.8. The van der Waals surface area contributed by atoms with Crippen molar-refractivity contribution in [2.75, 3.05) is 13.2 Å². The number of unbranched alkanes of at least 4 members (excludes halogenated alkanes) is 18. The molecule has 0 saturated carbocycles. The van der Waals surface area contributed by atoms with E-state index in [4.69, 9.17) is 14.2 Å². The van der Waals surface area contributed by atoms with Crippen molar-refractivity contribution >= 4 is 17.9 Å². The molecule has 0 amide bonds. The van der Waals surface area contributed by atoms with Gasteiger partial charge in [0.1, 0.15) is 13.2 Å². The van der Waals surface area contributed by atoms with Crippen LogP contribution in [-0.4, -0.2) is 37.2 Å². The highest BCUT2D eigenvalue weighted by Crippen LogP contribution is 2.14. The van der Waals surface area contributed by atoms with Crippen molar-refractivity contribution in [1.82, 2.24) is 0 Å². The summed E-state index contributed by atoms with van der Waals surface area (Å²) in [5, 5.41) is 0. The van der Waals surface area contributed by atoms with E-state index >= 15 is 0 Å². The first kappa shape index (κ1) is 75.8. The Labute approximate surface area is 498 Å². The maximum absolute atomic E-state index is 12.9. The fraction of sp³-hybridized carbons (Fsp3) is 0.587. The minimum absolute atomic E-state index is 0.0949. The van der Waals surface area contributed by atoms with Gasteiger partial charge in [-0.05, 0) is 135 Å². The van der Waals surface area contributed by atoms with Crippen LogP contribution < -0.4 is 0 Å². The fourth-order valence-electron chi connectivity index (χ4n) is 8.40. The molecule has 81 heavy (non-hydrogen) atoms. The van der Waals surface area contributed by atoms with Crippen LogP contribution in [0.5, 0.6) is 0 Å². The summed E-state index contributed by atoms with van der Waals surface area (Å²) >= 11 is 0. The Hall–Kier alpha value is -5.23. The average Bonchev–Trinajstić information content (AvgIpc) is 3.47. The molecule has 0 rings (SSSR count). The molecule has 0 aliphatic rings. The van der Waals surface area contributed by atoms with Crippen LogP contribution in [0.3, 0.4) is 0 Å². The Morgan fingerprint density at radius 2 is 0.481 bits per heavy atom. The molecular formula is C75H118O6. The molecule has 454 valence electrons. The lowest BCUT2D eigenvalue weighted by Gasteiger charge is -2.18. The molecule has 0 aliphatic heterocycles. The third kappa shape index (κ3) is 65.5. The van der Waals surface area contributed by atoms with E-state index in [2.05, 4.69) is 191 Å². The molecule has 0 saturated heterocycles. The number of hydrogen-bond donors (Lipinski definition) is 0. The van der Waals surface area contributed by atoms with E-state index in [0.29, 0.717) is 19.3 Å². The van der Waals surface area contributed by atoms with Gasteiger partial charge in [0.25, 0.3) is 0 Å². The van der Waals surface area contributed by atoms with Crippen LogP contribution in [0.15, 0.2) is 170 Å². The highest BCUT2D eigenvalue weighted by molar-refractivity contribution is 5.71. The van der Waals surface area contributed by atoms with Gasteiger partial charge in [-0.15, -0.1) is 0 Å². The number of allylic oxidation sites excluding steroid dienone is 28. The van der Waals surface area contributed by atoms with Crippen molar-refractivity contribution < 1.29 is 28.6 Å². The predicted octanol–water partition coefficient (Wildman–Crippen LogP) is 22.7. The third-order valence-electron chi connectivity index (χ3n) is 13.2. The van der Waals surface area contributed by atoms with E-state index in [-0.39, 0.29) is 31.1 Å². The van der Waals surface area contributed by atoms with Crippen LogP contribution in [0.2, 0.25) is 0 Å². The summed E-state index contributed by atoms with van der Waals surface area (Å²) in [6.45, 7) is 6.34. The summed E-state index contributed by atoms with van der Waals surface area (Å²) in [5.41, 5.74) is 0. The summed E-state index contributed by atoms with van der Waals surface area (Å²) in [6, 6.07) is 0. The standard InChI is InChI=1S/C75H118O6/c1-4-7-10-13-16-18-20-22-24-26-28-30-32-33-34-35-36-37-38-39-40-41-43-44-46-48-50-52-54-56-59-62-65-68-74(77)80-71-72(70-79-73(76)67-64-61-58-15-12-9-6-3)81-75(78)69-66-63-60-57-55-53-51-49-47-45-42-31-29-27-25-23-21-19-17-14-11-8-5-2/h7-8,10-11,16-19,22-25,28-31,33-34,36-37,39-40,43-45,47-48,50,72H,4-6,9,12-15,20-21,26-27,32,35,38,41-42,46,49,51-71H2,1-3H3/b10-7-,11-8-,18-16-,19-17-,24-22-,25-23-,30-28-,31-29-,34-33-,37-36-,40-39-,44-43-,47-45-,50-48-. The third-order valence-corrected chi connectivity index (χ3v) is 13.2. The van der Waals surface area contributed by atoms with Gasteiger partial charge >= 0.3 is 17.9 Å². The van der Waals surface area contributed by atoms with Crippen LogP contribution in [0, 0.1) is 0 Å². The predicted molar refractivity (Wildman–Crippen MR) is 352 cm³/mol. The molecule has 0 bridgehead atoms. The van der Waals surface area contributed by atoms with Gasteiger partial charge in [0, 0.05) is 19.3 Å². The Kier molecular flexibility index (Phi) is 62.9. The van der Waals surface area contributed by atoms with Gasteiger partial charge in [-0.25, -0.2) is 0 Å². The monoisotopic (exact) mass is 1110 g/mol. The highest BCUT2D eigenvalue weighted by atomic mass is 16.6. The van der Waals surface area contributed by atoms with Crippen molar-refractivity contribution in [1.29, 1.82) is 0 Å². The van der Waals surface area contributed by atoms with E-state index in [1.165, 1.54) is 44.9 Å². The van der Waals surface area contributed by atoms with Gasteiger partial charge in [0.15, 0.2) is 6.10 Å². The maximum Gasteiger partial charge on any atom is 0.306 e. The number of ether oxygens (including phenoxy) is 3. The summed E-state index contributed by atoms with van der Waals surface area (Å²) in [7, 11) is 0. The van der Waals surface area contributed by atoms with Gasteiger partial charge < -0.3 is 14.2 Å². The van der Waals surface area contributed by atoms with E-state index in [0.717, 1.165) is 180 Å². The Balaban J connectivity index is 4.24. The van der Waals surface area contributed by atoms with Gasteiger partial charge in [0.2, 0.25) is 0 Å². The van der Waals surface area contributed by atoms with Gasteiger partial charge in [-0.1, -0.05) is 281 Å². The first-order chi connectivity index (χ1) is 40.0. The number of hydrogen-bond acceptors (Lipinski definition) is 6. The molecule has 0 aromatic rings. The normalized spacial score (nSPS) is 13.3. The molecule has 0 heterocycles. The largest absolute Gasteiger partial charge is 0.462 e. The fourth-order valence-corrected chi connectivity index (χ4v) is 8.40. The van der Waals surface area contributed by atoms with Crippen LogP contribution in [0.1, 0.15) is 265 Å². The van der Waals surface area contributed by atoms with Crippen LogP contribution in [0.4, 0.5) is 0 Å². The maximum atomic E-state index is 12.9. The molecule has 0 radical (unpaired) electrons. The molecule has 0 aromatic heterocycles. The first-order valence-corrected chi connectivity index (χ1v) is 32.6. The minimum Gasteiger partial charge on any atom is -0.462 e. The number of carbonyl (C=O) groups is 3. The van der Waals surface area contributed by atoms with Crippen molar-refractivity contribution in [3.8, 4) is 0 Å². The minimum atomic E-state index is -0.799. The van der Waals surface area contributed by atoms with E-state index < -0.39 is 6.10 Å². The highest BCUT2D eigenvalue weighted by Gasteiger charge is 2.19. The van der Waals surface area contributed by atoms with Crippen LogP contribution >= 0.6 is 0 Å². The molecule has 0 aromatic carbocycles. The Morgan fingerprint density at radius 1 is 0.259 bits per heavy atom. The zero-order valence-corrected chi connectivity index (χ0v) is 52.0. The van der Waals surface area contributed by atoms with Crippen molar-refractivity contribution in [2.24, 2.45) is 0 Å². The molecule has 0 fully saturated rings. The number of carbonyl (C=O) groups excluding carboxylic acids is 3. The summed E-state index contributed by atoms with van der Waals surface area (Å²) in [5.74, 6) is -0.938. The lowest BCUT2D eigenvalue weighted by atomic mass is 10.1. The zero-order chi connectivity index (χ0) is 58.5. The second kappa shape index (κ2) is 67.3. The smallest absolute Gasteiger partial charge is 0.306 e. The summed E-state index contributed by atoms with van der Waals surface area (Å²) in [4.78, 5) is 38.1. The molecule has 1 unspecified atom stereocenters. The van der Waals surface area contributed by atoms with Gasteiger partial charge in [0.05, 0.1) is 0 Å². The van der Waals surface area contributed by atoms with E-state index in [9.17, 15) is 14.4 Å². The number of rotatable bonds is 57. The van der Waals surface area contributed by atoms with Crippen molar-refractivity contribution in [3.05, 3.63) is 170 Å². The molecule has 6 nitrogen and oxygen atoms in total. The Bertz CT molecular complexity index is 1860. The first-order valence-electron chi connectivity index (χ1n) is 32.6. The summed E-state index contributed by atoms with van der Waals surface area (Å²) in [6.07, 6.45) is 99.5. The lowest BCUT2D eigenvalue weighted by molar-refractivity contribution is -0.167. The molecule has 0 spiro atoms. The van der Waals surface area contributed by atoms with Gasteiger partial charge in [-0.3, -0.25) is 14.4 Å². The molecular weight excluding hydrogens is 997 g/mol. The topological polar surface area (TPSA) is 78.9 Å². The van der Waals surface area contributed by atoms with Crippen LogP contribution in [-0.2, 0) is 28.6 Å².